The van der Waals surface area contributed by atoms with Gasteiger partial charge < -0.3 is 10.8 Å². The van der Waals surface area contributed by atoms with Gasteiger partial charge in [-0.05, 0) is 31.0 Å². The van der Waals surface area contributed by atoms with Crippen molar-refractivity contribution >= 4 is 11.6 Å². The van der Waals surface area contributed by atoms with E-state index in [9.17, 15) is 0 Å². The van der Waals surface area contributed by atoms with Crippen LogP contribution in [0.25, 0.3) is 0 Å². The highest BCUT2D eigenvalue weighted by atomic mass is 35.5. The Balaban J connectivity index is 2.82. The first-order valence-electron chi connectivity index (χ1n) is 4.77. The zero-order chi connectivity index (χ0) is 10.6. The van der Waals surface area contributed by atoms with Crippen LogP contribution in [-0.4, -0.2) is 17.8 Å². The third-order valence-electron chi connectivity index (χ3n) is 2.37. The van der Waals surface area contributed by atoms with Gasteiger partial charge in [-0.1, -0.05) is 23.7 Å². The molecule has 0 radical (unpaired) electrons. The Morgan fingerprint density at radius 3 is 2.36 bits per heavy atom. The predicted molar refractivity (Wildman–Crippen MR) is 59.5 cm³/mol. The van der Waals surface area contributed by atoms with Gasteiger partial charge in [-0.25, -0.2) is 0 Å². The van der Waals surface area contributed by atoms with Crippen LogP contribution in [-0.2, 0) is 0 Å². The molecule has 78 valence electrons. The summed E-state index contributed by atoms with van der Waals surface area (Å²) >= 11 is 5.79. The first-order chi connectivity index (χ1) is 6.65. The Bertz CT molecular complexity index is 271. The van der Waals surface area contributed by atoms with Gasteiger partial charge in [-0.15, -0.1) is 0 Å². The Hall–Kier alpha value is -0.570. The Morgan fingerprint density at radius 2 is 1.93 bits per heavy atom. The molecule has 0 amide bonds. The first-order valence-corrected chi connectivity index (χ1v) is 5.15. The van der Waals surface area contributed by atoms with Gasteiger partial charge in [0, 0.05) is 23.6 Å². The van der Waals surface area contributed by atoms with Crippen LogP contribution < -0.4 is 5.73 Å². The van der Waals surface area contributed by atoms with E-state index in [2.05, 4.69) is 0 Å². The minimum Gasteiger partial charge on any atom is -0.396 e. The summed E-state index contributed by atoms with van der Waals surface area (Å²) in [6.07, 6.45) is 0.694. The molecule has 2 nitrogen and oxygen atoms in total. The molecule has 3 heteroatoms. The summed E-state index contributed by atoms with van der Waals surface area (Å²) in [5, 5.41) is 9.64. The highest BCUT2D eigenvalue weighted by Gasteiger charge is 2.15. The smallest absolute Gasteiger partial charge is 0.0437 e. The molecule has 0 aliphatic carbocycles. The molecule has 2 unspecified atom stereocenters. The van der Waals surface area contributed by atoms with Crippen molar-refractivity contribution in [1.82, 2.24) is 0 Å². The number of halogens is 1. The van der Waals surface area contributed by atoms with Gasteiger partial charge >= 0.3 is 0 Å². The van der Waals surface area contributed by atoms with E-state index in [1.807, 2.05) is 31.2 Å². The minimum atomic E-state index is 0.0447. The van der Waals surface area contributed by atoms with Crippen molar-refractivity contribution in [3.05, 3.63) is 34.9 Å². The van der Waals surface area contributed by atoms with Crippen LogP contribution in [0.2, 0.25) is 5.02 Å². The van der Waals surface area contributed by atoms with Crippen molar-refractivity contribution in [3.8, 4) is 0 Å². The lowest BCUT2D eigenvalue weighted by Gasteiger charge is -2.20. The van der Waals surface area contributed by atoms with E-state index < -0.39 is 0 Å². The summed E-state index contributed by atoms with van der Waals surface area (Å²) in [6, 6.07) is 7.68. The van der Waals surface area contributed by atoms with Crippen LogP contribution in [0.1, 0.15) is 24.8 Å². The number of hydrogen-bond donors (Lipinski definition) is 2. The first kappa shape index (κ1) is 11.5. The van der Waals surface area contributed by atoms with Crippen LogP contribution in [0.5, 0.6) is 0 Å². The maximum absolute atomic E-state index is 8.92. The Labute approximate surface area is 89.7 Å². The van der Waals surface area contributed by atoms with Crippen molar-refractivity contribution in [2.24, 2.45) is 5.73 Å². The maximum atomic E-state index is 8.92. The number of hydrogen-bond acceptors (Lipinski definition) is 2. The van der Waals surface area contributed by atoms with Crippen molar-refractivity contribution in [2.75, 3.05) is 6.61 Å². The van der Waals surface area contributed by atoms with E-state index in [1.54, 1.807) is 0 Å². The van der Waals surface area contributed by atoms with E-state index in [0.29, 0.717) is 6.42 Å². The molecule has 0 aliphatic heterocycles. The van der Waals surface area contributed by atoms with Gasteiger partial charge in [0.25, 0.3) is 0 Å². The van der Waals surface area contributed by atoms with Gasteiger partial charge in [0.05, 0.1) is 0 Å². The highest BCUT2D eigenvalue weighted by Crippen LogP contribution is 2.23. The van der Waals surface area contributed by atoms with Gasteiger partial charge in [-0.3, -0.25) is 0 Å². The fourth-order valence-corrected chi connectivity index (χ4v) is 1.71. The minimum absolute atomic E-state index is 0.0447. The highest BCUT2D eigenvalue weighted by molar-refractivity contribution is 6.30. The molecule has 0 spiro atoms. The Morgan fingerprint density at radius 1 is 1.36 bits per heavy atom. The molecular formula is C11H16ClNO. The Kier molecular flexibility index (Phi) is 4.39. The van der Waals surface area contributed by atoms with Crippen LogP contribution in [0.4, 0.5) is 0 Å². The summed E-state index contributed by atoms with van der Waals surface area (Å²) in [4.78, 5) is 0. The molecule has 1 rings (SSSR count). The number of rotatable bonds is 4. The summed E-state index contributed by atoms with van der Waals surface area (Å²) in [6.45, 7) is 2.11. The van der Waals surface area contributed by atoms with Crippen LogP contribution >= 0.6 is 11.6 Å². The predicted octanol–water partition coefficient (Wildman–Crippen LogP) is 2.15. The summed E-state index contributed by atoms with van der Waals surface area (Å²) < 4.78 is 0. The van der Waals surface area contributed by atoms with Crippen molar-refractivity contribution in [3.63, 3.8) is 0 Å². The molecule has 1 aromatic carbocycles. The number of benzene rings is 1. The second-order valence-corrected chi connectivity index (χ2v) is 3.97. The molecule has 2 atom stereocenters. The van der Waals surface area contributed by atoms with Crippen molar-refractivity contribution in [1.29, 1.82) is 0 Å². The van der Waals surface area contributed by atoms with Crippen LogP contribution in [0.15, 0.2) is 24.3 Å². The molecule has 0 aromatic heterocycles. The van der Waals surface area contributed by atoms with E-state index >= 15 is 0 Å². The van der Waals surface area contributed by atoms with Crippen molar-refractivity contribution in [2.45, 2.75) is 25.3 Å². The molecule has 0 saturated heterocycles. The molecule has 14 heavy (non-hydrogen) atoms. The number of nitrogens with two attached hydrogens (primary N) is 1. The average Bonchev–Trinajstić information content (AvgIpc) is 2.15. The molecule has 0 fully saturated rings. The SMILES string of the molecule is CC(N)C(CCO)c1ccc(Cl)cc1. The maximum Gasteiger partial charge on any atom is 0.0437 e. The average molecular weight is 214 g/mol. The summed E-state index contributed by atoms with van der Waals surface area (Å²) in [7, 11) is 0. The molecule has 0 aliphatic rings. The fraction of sp³-hybridized carbons (Fsp3) is 0.455. The lowest BCUT2D eigenvalue weighted by molar-refractivity contribution is 0.269. The quantitative estimate of drug-likeness (QED) is 0.805. The molecule has 0 heterocycles. The monoisotopic (exact) mass is 213 g/mol. The van der Waals surface area contributed by atoms with E-state index in [0.717, 1.165) is 10.6 Å². The molecule has 0 bridgehead atoms. The number of aliphatic hydroxyl groups excluding tert-OH is 1. The summed E-state index contributed by atoms with van der Waals surface area (Å²) in [5.41, 5.74) is 6.99. The standard InChI is InChI=1S/C11H16ClNO/c1-8(13)11(6-7-14)9-2-4-10(12)5-3-9/h2-5,8,11,14H,6-7,13H2,1H3. The van der Waals surface area contributed by atoms with Crippen LogP contribution in [0.3, 0.4) is 0 Å². The summed E-state index contributed by atoms with van der Waals surface area (Å²) in [5.74, 6) is 0.206. The lowest BCUT2D eigenvalue weighted by Crippen LogP contribution is -2.25. The zero-order valence-electron chi connectivity index (χ0n) is 8.28. The van der Waals surface area contributed by atoms with Gasteiger partial charge in [-0.2, -0.15) is 0 Å². The third-order valence-corrected chi connectivity index (χ3v) is 2.62. The van der Waals surface area contributed by atoms with E-state index in [1.165, 1.54) is 0 Å². The zero-order valence-corrected chi connectivity index (χ0v) is 9.04. The lowest BCUT2D eigenvalue weighted by atomic mass is 9.90. The molecule has 1 aromatic rings. The molecule has 3 N–H and O–H groups in total. The van der Waals surface area contributed by atoms with Gasteiger partial charge in [0.2, 0.25) is 0 Å². The number of aliphatic hydroxyl groups is 1. The van der Waals surface area contributed by atoms with Crippen LogP contribution in [0, 0.1) is 0 Å². The normalized spacial score (nSPS) is 15.1. The second kappa shape index (κ2) is 5.35. The molecule has 0 saturated carbocycles. The van der Waals surface area contributed by atoms with Gasteiger partial charge in [0.1, 0.15) is 0 Å². The molecular weight excluding hydrogens is 198 g/mol. The topological polar surface area (TPSA) is 46.2 Å². The van der Waals surface area contributed by atoms with Crippen molar-refractivity contribution < 1.29 is 5.11 Å². The largest absolute Gasteiger partial charge is 0.396 e. The fourth-order valence-electron chi connectivity index (χ4n) is 1.58. The third kappa shape index (κ3) is 2.98. The van der Waals surface area contributed by atoms with E-state index in [4.69, 9.17) is 22.4 Å². The second-order valence-electron chi connectivity index (χ2n) is 3.53. The van der Waals surface area contributed by atoms with Gasteiger partial charge in [0.15, 0.2) is 0 Å². The van der Waals surface area contributed by atoms with E-state index in [-0.39, 0.29) is 18.6 Å².